The Balaban J connectivity index is 0.000000384. The number of pyridine rings is 1. The maximum absolute atomic E-state index is 12.7. The van der Waals surface area contributed by atoms with Gasteiger partial charge in [-0.15, -0.1) is 0 Å². The van der Waals surface area contributed by atoms with Crippen LogP contribution in [0, 0.1) is 0 Å². The Hall–Kier alpha value is -4.87. The minimum atomic E-state index is -5.08. The van der Waals surface area contributed by atoms with Crippen molar-refractivity contribution in [3.8, 4) is 11.3 Å². The van der Waals surface area contributed by atoms with E-state index in [1.54, 1.807) is 17.0 Å². The number of aliphatic carboxylic acids is 2. The Morgan fingerprint density at radius 2 is 1.37 bits per heavy atom. The van der Waals surface area contributed by atoms with Gasteiger partial charge in [0.15, 0.2) is 0 Å². The van der Waals surface area contributed by atoms with Gasteiger partial charge in [0.1, 0.15) is 11.8 Å². The number of likely N-dealkylation sites (tertiary alicyclic amines) is 1. The molecule has 2 aromatic heterocycles. The van der Waals surface area contributed by atoms with Crippen LogP contribution in [0.15, 0.2) is 48.8 Å². The predicted molar refractivity (Wildman–Crippen MR) is 134 cm³/mol. The highest BCUT2D eigenvalue weighted by atomic mass is 19.4. The normalized spacial score (nSPS) is 13.7. The van der Waals surface area contributed by atoms with Gasteiger partial charge in [0.25, 0.3) is 5.91 Å². The molecule has 1 fully saturated rings. The number of carbonyl (C=O) groups is 4. The summed E-state index contributed by atoms with van der Waals surface area (Å²) >= 11 is 0. The van der Waals surface area contributed by atoms with Gasteiger partial charge in [-0.25, -0.2) is 19.4 Å². The average Bonchev–Trinajstić information content (AvgIpc) is 3.36. The van der Waals surface area contributed by atoms with Crippen molar-refractivity contribution in [3.63, 3.8) is 0 Å². The van der Waals surface area contributed by atoms with Crippen LogP contribution in [0.25, 0.3) is 16.9 Å². The van der Waals surface area contributed by atoms with Crippen LogP contribution < -0.4 is 5.73 Å². The van der Waals surface area contributed by atoms with E-state index in [1.165, 1.54) is 0 Å². The van der Waals surface area contributed by atoms with Crippen LogP contribution in [0.3, 0.4) is 0 Å². The molecule has 3 heterocycles. The summed E-state index contributed by atoms with van der Waals surface area (Å²) in [4.78, 5) is 47.5. The highest BCUT2D eigenvalue weighted by molar-refractivity contribution is 5.94. The van der Waals surface area contributed by atoms with E-state index in [2.05, 4.69) is 4.98 Å². The zero-order valence-corrected chi connectivity index (χ0v) is 21.8. The standard InChI is InChI=1S/C21H22N4O4.2C2HF3O2/c22-11-14-1-6-19-23-18(13-25(19)12-14)15-2-4-16(5-3-15)20(26)24-9-7-17(8-10-24)29-21(27)28;2*3-2(4,5)1(6)7/h1-6,12-13,17H,7-11,22H2,(H,27,28);2*(H,6,7). The van der Waals surface area contributed by atoms with Crippen LogP contribution in [-0.2, 0) is 20.9 Å². The van der Waals surface area contributed by atoms with Gasteiger partial charge in [0.2, 0.25) is 0 Å². The third-order valence-corrected chi connectivity index (χ3v) is 5.66. The number of piperidine rings is 1. The van der Waals surface area contributed by atoms with E-state index in [1.807, 2.05) is 41.1 Å². The van der Waals surface area contributed by atoms with Crippen LogP contribution in [0.2, 0.25) is 0 Å². The lowest BCUT2D eigenvalue weighted by molar-refractivity contribution is -0.193. The van der Waals surface area contributed by atoms with Crippen molar-refractivity contribution in [1.82, 2.24) is 14.3 Å². The maximum atomic E-state index is 12.7. The topological polar surface area (TPSA) is 185 Å². The van der Waals surface area contributed by atoms with Gasteiger partial charge in [-0.05, 0) is 23.8 Å². The molecular formula is C25H24F6N4O8. The van der Waals surface area contributed by atoms with Crippen molar-refractivity contribution in [2.24, 2.45) is 5.73 Å². The first-order chi connectivity index (χ1) is 19.9. The number of carboxylic acids is 2. The van der Waals surface area contributed by atoms with Crippen molar-refractivity contribution < 1.29 is 65.6 Å². The molecule has 4 rings (SSSR count). The van der Waals surface area contributed by atoms with Gasteiger partial charge >= 0.3 is 30.4 Å². The number of hydrogen-bond acceptors (Lipinski definition) is 7. The molecule has 1 amide bonds. The number of halogens is 6. The molecule has 0 spiro atoms. The summed E-state index contributed by atoms with van der Waals surface area (Å²) in [6.07, 6.45) is -6.84. The molecule has 0 unspecified atom stereocenters. The molecule has 3 aromatic rings. The number of benzene rings is 1. The summed E-state index contributed by atoms with van der Waals surface area (Å²) < 4.78 is 70.2. The first-order valence-corrected chi connectivity index (χ1v) is 12.0. The largest absolute Gasteiger partial charge is 0.506 e. The van der Waals surface area contributed by atoms with Gasteiger partial charge in [-0.1, -0.05) is 18.2 Å². The van der Waals surface area contributed by atoms with Gasteiger partial charge in [0, 0.05) is 56.0 Å². The fourth-order valence-electron chi connectivity index (χ4n) is 3.58. The molecule has 0 saturated carbocycles. The van der Waals surface area contributed by atoms with Crippen molar-refractivity contribution in [1.29, 1.82) is 0 Å². The van der Waals surface area contributed by atoms with Crippen molar-refractivity contribution in [3.05, 3.63) is 59.9 Å². The van der Waals surface area contributed by atoms with Crippen molar-refractivity contribution >= 4 is 29.6 Å². The molecular weight excluding hydrogens is 598 g/mol. The molecule has 18 heteroatoms. The molecule has 43 heavy (non-hydrogen) atoms. The minimum Gasteiger partial charge on any atom is -0.475 e. The molecule has 0 atom stereocenters. The Labute approximate surface area is 237 Å². The highest BCUT2D eigenvalue weighted by Crippen LogP contribution is 2.22. The SMILES string of the molecule is NCc1ccc2nc(-c3ccc(C(=O)N4CCC(OC(=O)O)CC4)cc3)cn2c1.O=C(O)C(F)(F)F.O=C(O)C(F)(F)F. The van der Waals surface area contributed by atoms with Crippen LogP contribution in [-0.4, -0.2) is 85.2 Å². The summed E-state index contributed by atoms with van der Waals surface area (Å²) in [5.41, 5.74) is 9.90. The Kier molecular flexibility index (Phi) is 11.5. The average molecular weight is 622 g/mol. The lowest BCUT2D eigenvalue weighted by Crippen LogP contribution is -2.41. The summed E-state index contributed by atoms with van der Waals surface area (Å²) in [5, 5.41) is 22.9. The van der Waals surface area contributed by atoms with Crippen LogP contribution in [0.1, 0.15) is 28.8 Å². The second kappa shape index (κ2) is 14.3. The highest BCUT2D eigenvalue weighted by Gasteiger charge is 2.38. The van der Waals surface area contributed by atoms with E-state index in [0.29, 0.717) is 38.0 Å². The second-order valence-corrected chi connectivity index (χ2v) is 8.69. The van der Waals surface area contributed by atoms with E-state index < -0.39 is 30.4 Å². The van der Waals surface area contributed by atoms with Crippen LogP contribution in [0.4, 0.5) is 31.1 Å². The third kappa shape index (κ3) is 10.5. The molecule has 234 valence electrons. The second-order valence-electron chi connectivity index (χ2n) is 8.69. The van der Waals surface area contributed by atoms with Gasteiger partial charge in [-0.2, -0.15) is 26.3 Å². The first kappa shape index (κ1) is 34.3. The number of rotatable bonds is 4. The zero-order chi connectivity index (χ0) is 32.5. The molecule has 1 aliphatic rings. The number of nitrogens with two attached hydrogens (primary N) is 1. The van der Waals surface area contributed by atoms with Crippen LogP contribution >= 0.6 is 0 Å². The number of carbonyl (C=O) groups excluding carboxylic acids is 1. The van der Waals surface area contributed by atoms with Gasteiger partial charge in [-0.3, -0.25) is 4.79 Å². The number of amides is 1. The fraction of sp³-hybridized carbons (Fsp3) is 0.320. The monoisotopic (exact) mass is 622 g/mol. The molecule has 0 aliphatic carbocycles. The number of fused-ring (bicyclic) bond motifs is 1. The van der Waals surface area contributed by atoms with Crippen molar-refractivity contribution in [2.75, 3.05) is 13.1 Å². The van der Waals surface area contributed by atoms with Gasteiger partial charge < -0.3 is 35.1 Å². The number of carboxylic acid groups (broad SMARTS) is 3. The zero-order valence-electron chi connectivity index (χ0n) is 21.8. The Morgan fingerprint density at radius 1 is 0.860 bits per heavy atom. The van der Waals surface area contributed by atoms with Gasteiger partial charge in [0.05, 0.1) is 5.69 Å². The Bertz CT molecular complexity index is 1410. The molecule has 1 saturated heterocycles. The molecule has 0 bridgehead atoms. The molecule has 12 nitrogen and oxygen atoms in total. The minimum absolute atomic E-state index is 0.0621. The van der Waals surface area contributed by atoms with E-state index in [0.717, 1.165) is 22.5 Å². The molecule has 5 N–H and O–H groups in total. The maximum Gasteiger partial charge on any atom is 0.506 e. The predicted octanol–water partition coefficient (Wildman–Crippen LogP) is 4.03. The number of alkyl halides is 6. The summed E-state index contributed by atoms with van der Waals surface area (Å²) in [6, 6.07) is 11.3. The quantitative estimate of drug-likeness (QED) is 0.245. The number of imidazole rings is 1. The fourth-order valence-corrected chi connectivity index (χ4v) is 3.58. The molecule has 1 aliphatic heterocycles. The first-order valence-electron chi connectivity index (χ1n) is 12.0. The van der Waals surface area contributed by atoms with E-state index in [4.69, 9.17) is 35.4 Å². The molecule has 1 aromatic carbocycles. The van der Waals surface area contributed by atoms with E-state index in [-0.39, 0.29) is 12.0 Å². The van der Waals surface area contributed by atoms with Crippen molar-refractivity contribution in [2.45, 2.75) is 37.8 Å². The summed E-state index contributed by atoms with van der Waals surface area (Å²) in [5.74, 6) is -5.58. The van der Waals surface area contributed by atoms with E-state index >= 15 is 0 Å². The smallest absolute Gasteiger partial charge is 0.475 e. The number of nitrogens with zero attached hydrogens (tertiary/aromatic N) is 3. The van der Waals surface area contributed by atoms with E-state index in [9.17, 15) is 35.9 Å². The van der Waals surface area contributed by atoms with Crippen LogP contribution in [0.5, 0.6) is 0 Å². The summed E-state index contributed by atoms with van der Waals surface area (Å²) in [7, 11) is 0. The Morgan fingerprint density at radius 3 is 1.81 bits per heavy atom. The number of hydrogen-bond donors (Lipinski definition) is 4. The lowest BCUT2D eigenvalue weighted by Gasteiger charge is -2.31. The number of ether oxygens (including phenoxy) is 1. The molecule has 0 radical (unpaired) electrons. The lowest BCUT2D eigenvalue weighted by atomic mass is 10.0. The number of aromatic nitrogens is 2. The summed E-state index contributed by atoms with van der Waals surface area (Å²) in [6.45, 7) is 1.43. The third-order valence-electron chi connectivity index (χ3n) is 5.66.